The van der Waals surface area contributed by atoms with Gasteiger partial charge in [0, 0.05) is 12.3 Å². The Hall–Kier alpha value is -1.81. The minimum Gasteiger partial charge on any atom is -0.502 e. The smallest absolute Gasteiger partial charge is 0.162 e. The molecular formula is C15H12F2OS. The van der Waals surface area contributed by atoms with Crippen molar-refractivity contribution in [2.75, 3.05) is 0 Å². The average molecular weight is 278 g/mol. The molecule has 0 amide bonds. The van der Waals surface area contributed by atoms with Crippen molar-refractivity contribution in [3.63, 3.8) is 0 Å². The number of rotatable bonds is 4. The second-order valence-corrected chi connectivity index (χ2v) is 4.68. The van der Waals surface area contributed by atoms with E-state index < -0.39 is 17.6 Å². The molecule has 0 spiro atoms. The predicted octanol–water partition coefficient (Wildman–Crippen LogP) is 4.37. The van der Waals surface area contributed by atoms with Gasteiger partial charge >= 0.3 is 0 Å². The van der Waals surface area contributed by atoms with Gasteiger partial charge in [0.05, 0.1) is 0 Å². The summed E-state index contributed by atoms with van der Waals surface area (Å²) in [5, 5.41) is 9.10. The number of benzene rings is 2. The maximum Gasteiger partial charge on any atom is 0.162 e. The van der Waals surface area contributed by atoms with Crippen LogP contribution in [0.4, 0.5) is 8.78 Å². The van der Waals surface area contributed by atoms with Crippen LogP contribution < -0.4 is 0 Å². The van der Waals surface area contributed by atoms with Crippen molar-refractivity contribution in [3.8, 4) is 0 Å². The summed E-state index contributed by atoms with van der Waals surface area (Å²) < 4.78 is 27.2. The molecule has 19 heavy (non-hydrogen) atoms. The molecule has 0 aliphatic heterocycles. The molecule has 0 bridgehead atoms. The molecule has 0 heterocycles. The topological polar surface area (TPSA) is 20.2 Å². The molecule has 0 saturated carbocycles. The second-order valence-electron chi connectivity index (χ2n) is 4.20. The van der Waals surface area contributed by atoms with Gasteiger partial charge in [0.15, 0.2) is 16.7 Å². The molecule has 0 radical (unpaired) electrons. The van der Waals surface area contributed by atoms with Crippen molar-refractivity contribution in [1.82, 2.24) is 0 Å². The quantitative estimate of drug-likeness (QED) is 0.838. The molecule has 1 atom stereocenters. The Morgan fingerprint density at radius 2 is 1.74 bits per heavy atom. The van der Waals surface area contributed by atoms with Crippen LogP contribution in [0.1, 0.15) is 23.5 Å². The lowest BCUT2D eigenvalue weighted by Crippen LogP contribution is -2.09. The monoisotopic (exact) mass is 278 g/mol. The largest absolute Gasteiger partial charge is 0.502 e. The number of thiocarbonyl (C=S) groups is 1. The number of halogens is 2. The molecule has 1 N–H and O–H groups in total. The fourth-order valence-corrected chi connectivity index (χ4v) is 2.22. The van der Waals surface area contributed by atoms with Crippen LogP contribution in [0.2, 0.25) is 0 Å². The number of aliphatic hydroxyl groups excluding tert-OH is 1. The van der Waals surface area contributed by atoms with Crippen LogP contribution in [0.3, 0.4) is 0 Å². The van der Waals surface area contributed by atoms with Crippen molar-refractivity contribution in [2.45, 2.75) is 12.3 Å². The van der Waals surface area contributed by atoms with Crippen LogP contribution in [0.25, 0.3) is 0 Å². The standard InChI is InChI=1S/C15H12F2OS/c16-13-8-4-7-11(15(13)17)12(9-14(18)19)10-5-2-1-3-6-10/h1-8,12H,9H2,(H,18,19). The average Bonchev–Trinajstić information content (AvgIpc) is 2.40. The predicted molar refractivity (Wildman–Crippen MR) is 74.5 cm³/mol. The number of hydrogen-bond donors (Lipinski definition) is 1. The van der Waals surface area contributed by atoms with Gasteiger partial charge in [-0.15, -0.1) is 0 Å². The first-order valence-electron chi connectivity index (χ1n) is 5.80. The second kappa shape index (κ2) is 5.89. The number of aliphatic hydroxyl groups is 1. The van der Waals surface area contributed by atoms with Crippen molar-refractivity contribution in [3.05, 3.63) is 71.3 Å². The van der Waals surface area contributed by atoms with Gasteiger partial charge in [-0.1, -0.05) is 42.5 Å². The fraction of sp³-hybridized carbons (Fsp3) is 0.133. The summed E-state index contributed by atoms with van der Waals surface area (Å²) in [5.74, 6) is -2.29. The Bertz CT molecular complexity index is 584. The van der Waals surface area contributed by atoms with E-state index in [0.29, 0.717) is 0 Å². The first kappa shape index (κ1) is 13.6. The third-order valence-corrected chi connectivity index (χ3v) is 3.10. The summed E-state index contributed by atoms with van der Waals surface area (Å²) in [7, 11) is 0. The van der Waals surface area contributed by atoms with Gasteiger partial charge in [-0.2, -0.15) is 0 Å². The summed E-state index contributed by atoms with van der Waals surface area (Å²) in [5.41, 5.74) is 0.978. The molecule has 0 aromatic heterocycles. The molecular weight excluding hydrogens is 266 g/mol. The lowest BCUT2D eigenvalue weighted by molar-refractivity contribution is 0.489. The molecule has 4 heteroatoms. The Balaban J connectivity index is 2.49. The van der Waals surface area contributed by atoms with Crippen LogP contribution in [0.15, 0.2) is 48.5 Å². The van der Waals surface area contributed by atoms with E-state index in [9.17, 15) is 13.9 Å². The Morgan fingerprint density at radius 1 is 1.05 bits per heavy atom. The van der Waals surface area contributed by atoms with Gasteiger partial charge in [-0.25, -0.2) is 8.78 Å². The normalized spacial score (nSPS) is 12.1. The van der Waals surface area contributed by atoms with E-state index in [2.05, 4.69) is 12.2 Å². The van der Waals surface area contributed by atoms with Gasteiger partial charge in [0.1, 0.15) is 0 Å². The maximum atomic E-state index is 13.9. The van der Waals surface area contributed by atoms with Gasteiger partial charge in [0.2, 0.25) is 0 Å². The van der Waals surface area contributed by atoms with Crippen molar-refractivity contribution in [1.29, 1.82) is 0 Å². The van der Waals surface area contributed by atoms with Crippen molar-refractivity contribution < 1.29 is 13.9 Å². The summed E-state index contributed by atoms with van der Waals surface area (Å²) in [4.78, 5) is 0. The highest BCUT2D eigenvalue weighted by Crippen LogP contribution is 2.30. The summed E-state index contributed by atoms with van der Waals surface area (Å²) in [6, 6.07) is 13.1. The Morgan fingerprint density at radius 3 is 2.37 bits per heavy atom. The zero-order valence-corrected chi connectivity index (χ0v) is 10.8. The van der Waals surface area contributed by atoms with E-state index in [1.165, 1.54) is 12.1 Å². The first-order valence-corrected chi connectivity index (χ1v) is 6.21. The van der Waals surface area contributed by atoms with E-state index in [1.807, 2.05) is 6.07 Å². The summed E-state index contributed by atoms with van der Waals surface area (Å²) in [6.07, 6.45) is 0.0831. The molecule has 2 rings (SSSR count). The minimum absolute atomic E-state index is 0.0831. The van der Waals surface area contributed by atoms with Crippen LogP contribution >= 0.6 is 12.2 Å². The van der Waals surface area contributed by atoms with Gasteiger partial charge in [-0.05, 0) is 29.4 Å². The highest BCUT2D eigenvalue weighted by molar-refractivity contribution is 7.80. The zero-order chi connectivity index (χ0) is 13.8. The van der Waals surface area contributed by atoms with E-state index in [4.69, 9.17) is 0 Å². The number of hydrogen-bond acceptors (Lipinski definition) is 1. The lowest BCUT2D eigenvalue weighted by atomic mass is 9.88. The molecule has 1 nitrogen and oxygen atoms in total. The molecule has 0 aliphatic carbocycles. The minimum atomic E-state index is -0.901. The Kier molecular flexibility index (Phi) is 4.22. The lowest BCUT2D eigenvalue weighted by Gasteiger charge is -2.17. The van der Waals surface area contributed by atoms with Gasteiger partial charge in [-0.3, -0.25) is 0 Å². The van der Waals surface area contributed by atoms with Crippen LogP contribution in [-0.2, 0) is 0 Å². The molecule has 0 fully saturated rings. The SMILES string of the molecule is OC(=S)CC(c1ccccc1)c1cccc(F)c1F. The fourth-order valence-electron chi connectivity index (χ4n) is 2.06. The third-order valence-electron chi connectivity index (χ3n) is 2.94. The van der Waals surface area contributed by atoms with Gasteiger partial charge < -0.3 is 5.11 Å². The van der Waals surface area contributed by atoms with Crippen molar-refractivity contribution in [2.24, 2.45) is 0 Å². The van der Waals surface area contributed by atoms with E-state index in [0.717, 1.165) is 11.6 Å². The molecule has 0 aliphatic rings. The van der Waals surface area contributed by atoms with E-state index >= 15 is 0 Å². The highest BCUT2D eigenvalue weighted by Gasteiger charge is 2.21. The first-order chi connectivity index (χ1) is 9.09. The van der Waals surface area contributed by atoms with Crippen molar-refractivity contribution >= 4 is 17.3 Å². The molecule has 2 aromatic rings. The van der Waals surface area contributed by atoms with Crippen LogP contribution in [0, 0.1) is 11.6 Å². The molecule has 1 unspecified atom stereocenters. The van der Waals surface area contributed by atoms with Crippen LogP contribution in [-0.4, -0.2) is 10.2 Å². The van der Waals surface area contributed by atoms with E-state index in [-0.39, 0.29) is 17.0 Å². The summed E-state index contributed by atoms with van der Waals surface area (Å²) in [6.45, 7) is 0. The third kappa shape index (κ3) is 3.15. The molecule has 98 valence electrons. The maximum absolute atomic E-state index is 13.9. The zero-order valence-electron chi connectivity index (χ0n) is 10.0. The summed E-state index contributed by atoms with van der Waals surface area (Å²) >= 11 is 4.69. The van der Waals surface area contributed by atoms with Gasteiger partial charge in [0.25, 0.3) is 0 Å². The highest BCUT2D eigenvalue weighted by atomic mass is 32.1. The molecule has 2 aromatic carbocycles. The van der Waals surface area contributed by atoms with E-state index in [1.54, 1.807) is 24.3 Å². The molecule has 0 saturated heterocycles. The Labute approximate surface area is 115 Å². The van der Waals surface area contributed by atoms with Crippen LogP contribution in [0.5, 0.6) is 0 Å².